The Balaban J connectivity index is 1.47. The quantitative estimate of drug-likeness (QED) is 0.437. The van der Waals surface area contributed by atoms with Gasteiger partial charge >= 0.3 is 18.6 Å². The van der Waals surface area contributed by atoms with E-state index < -0.39 is 48.5 Å². The van der Waals surface area contributed by atoms with Crippen molar-refractivity contribution < 1.29 is 32.9 Å². The topological polar surface area (TPSA) is 128 Å². The van der Waals surface area contributed by atoms with Crippen LogP contribution in [-0.4, -0.2) is 94.9 Å². The Bertz CT molecular complexity index is 1260. The van der Waals surface area contributed by atoms with Gasteiger partial charge in [0.1, 0.15) is 5.69 Å². The number of ketones is 1. The lowest BCUT2D eigenvalue weighted by Crippen LogP contribution is -2.74. The molecule has 11 nitrogen and oxygen atoms in total. The van der Waals surface area contributed by atoms with Gasteiger partial charge in [0.2, 0.25) is 0 Å². The number of amides is 1. The fourth-order valence-corrected chi connectivity index (χ4v) is 6.88. The van der Waals surface area contributed by atoms with Gasteiger partial charge in [0, 0.05) is 19.4 Å². The maximum atomic E-state index is 14.1. The SMILES string of the molecule is CC(C)C[C@H](CC(=O)[C@H](Cc1ccccc1)NC(=O)c1cnccn1)[B-]12OC(=O)[C@H]3CN(C)C[C@@H](C(=O)O1)[N+]32C. The Kier molecular flexibility index (Phi) is 7.49. The number of benzene rings is 1. The van der Waals surface area contributed by atoms with Crippen molar-refractivity contribution in [3.63, 3.8) is 0 Å². The molecular weight excluding hydrogens is 513 g/mol. The first kappa shape index (κ1) is 27.9. The fraction of sp³-hybridized carbons (Fsp3) is 0.500. The van der Waals surface area contributed by atoms with Gasteiger partial charge in [-0.25, -0.2) is 14.6 Å². The number of likely N-dealkylation sites (N-methyl/N-ethyl adjacent to an activating group) is 2. The van der Waals surface area contributed by atoms with E-state index >= 15 is 0 Å². The Morgan fingerprint density at radius 1 is 1.10 bits per heavy atom. The van der Waals surface area contributed by atoms with E-state index in [0.717, 1.165) is 5.56 Å². The fourth-order valence-electron chi connectivity index (χ4n) is 6.88. The van der Waals surface area contributed by atoms with E-state index in [9.17, 15) is 19.2 Å². The van der Waals surface area contributed by atoms with Crippen molar-refractivity contribution in [1.29, 1.82) is 0 Å². The van der Waals surface area contributed by atoms with Gasteiger partial charge in [-0.05, 0) is 37.2 Å². The van der Waals surface area contributed by atoms with E-state index in [1.165, 1.54) is 18.6 Å². The molecule has 3 fully saturated rings. The molecular formula is C28H36BN5O6. The minimum Gasteiger partial charge on any atom is -0.600 e. The molecule has 212 valence electrons. The molecule has 0 radical (unpaired) electrons. The highest BCUT2D eigenvalue weighted by Crippen LogP contribution is 2.52. The normalized spacial score (nSPS) is 28.9. The lowest BCUT2D eigenvalue weighted by atomic mass is 9.51. The Morgan fingerprint density at radius 3 is 2.33 bits per heavy atom. The first-order valence-corrected chi connectivity index (χ1v) is 13.8. The van der Waals surface area contributed by atoms with Crippen LogP contribution in [0.15, 0.2) is 48.9 Å². The van der Waals surface area contributed by atoms with Crippen LogP contribution >= 0.6 is 0 Å². The number of carbonyl (C=O) groups excluding carboxylic acids is 4. The van der Waals surface area contributed by atoms with Crippen LogP contribution < -0.4 is 5.32 Å². The summed E-state index contributed by atoms with van der Waals surface area (Å²) in [6, 6.07) is 7.40. The molecule has 40 heavy (non-hydrogen) atoms. The highest BCUT2D eigenvalue weighted by atomic mass is 16.7. The first-order chi connectivity index (χ1) is 19.0. The van der Waals surface area contributed by atoms with E-state index in [1.807, 2.05) is 63.2 Å². The van der Waals surface area contributed by atoms with Crippen molar-refractivity contribution in [2.45, 2.75) is 57.1 Å². The molecule has 2 unspecified atom stereocenters. The van der Waals surface area contributed by atoms with Crippen LogP contribution in [0.25, 0.3) is 0 Å². The largest absolute Gasteiger partial charge is 0.600 e. The third-order valence-electron chi connectivity index (χ3n) is 8.81. The molecule has 4 heterocycles. The number of rotatable bonds is 10. The number of nitrogens with one attached hydrogen (secondary N) is 1. The van der Waals surface area contributed by atoms with Crippen molar-refractivity contribution in [3.8, 4) is 0 Å². The summed E-state index contributed by atoms with van der Waals surface area (Å²) < 4.78 is 12.2. The maximum Gasteiger partial charge on any atom is 0.587 e. The molecule has 5 rings (SSSR count). The molecule has 0 aliphatic carbocycles. The summed E-state index contributed by atoms with van der Waals surface area (Å²) in [7, 11) is 3.74. The van der Waals surface area contributed by atoms with Crippen LogP contribution in [0.5, 0.6) is 0 Å². The van der Waals surface area contributed by atoms with Crippen LogP contribution in [-0.2, 0) is 30.1 Å². The minimum absolute atomic E-state index is 0.0277. The van der Waals surface area contributed by atoms with Crippen LogP contribution in [0.1, 0.15) is 42.7 Å². The predicted molar refractivity (Wildman–Crippen MR) is 145 cm³/mol. The van der Waals surface area contributed by atoms with Crippen LogP contribution in [0.3, 0.4) is 0 Å². The van der Waals surface area contributed by atoms with Crippen LogP contribution in [0, 0.1) is 5.92 Å². The summed E-state index contributed by atoms with van der Waals surface area (Å²) in [5, 5.41) is 2.85. The molecule has 12 heteroatoms. The third kappa shape index (κ3) is 4.79. The van der Waals surface area contributed by atoms with Gasteiger partial charge in [-0.2, -0.15) is 0 Å². The van der Waals surface area contributed by atoms with Gasteiger partial charge in [0.25, 0.3) is 5.91 Å². The summed E-state index contributed by atoms with van der Waals surface area (Å²) in [4.78, 5) is 63.5. The molecule has 0 saturated carbocycles. The van der Waals surface area contributed by atoms with Crippen LogP contribution in [0.2, 0.25) is 5.82 Å². The van der Waals surface area contributed by atoms with Crippen molar-refractivity contribution in [2.75, 3.05) is 27.2 Å². The average Bonchev–Trinajstić information content (AvgIpc) is 3.28. The van der Waals surface area contributed by atoms with Crippen LogP contribution in [0.4, 0.5) is 0 Å². The van der Waals surface area contributed by atoms with Gasteiger partial charge < -0.3 is 19.0 Å². The highest BCUT2D eigenvalue weighted by Gasteiger charge is 2.77. The number of Topliss-reactive ketones (excluding diaryl/α,β-unsaturated/α-hetero) is 1. The molecule has 0 bridgehead atoms. The Morgan fingerprint density at radius 2 is 1.75 bits per heavy atom. The summed E-state index contributed by atoms with van der Waals surface area (Å²) in [5.74, 6) is -1.96. The second-order valence-electron chi connectivity index (χ2n) is 11.9. The van der Waals surface area contributed by atoms with E-state index in [0.29, 0.717) is 19.5 Å². The molecule has 1 aromatic carbocycles. The van der Waals surface area contributed by atoms with Crippen molar-refractivity contribution >= 4 is 30.3 Å². The second kappa shape index (κ2) is 10.7. The summed E-state index contributed by atoms with van der Waals surface area (Å²) in [5.41, 5.74) is 0.979. The summed E-state index contributed by atoms with van der Waals surface area (Å²) in [6.07, 6.45) is 4.97. The Labute approximate surface area is 233 Å². The van der Waals surface area contributed by atoms with E-state index in [4.69, 9.17) is 9.31 Å². The zero-order chi connectivity index (χ0) is 28.7. The predicted octanol–water partition coefficient (Wildman–Crippen LogP) is 1.37. The number of hydrogen-bond donors (Lipinski definition) is 1. The molecule has 2 aromatic rings. The number of carbonyl (C=O) groups is 4. The minimum atomic E-state index is -2.51. The van der Waals surface area contributed by atoms with Gasteiger partial charge in [-0.3, -0.25) is 19.5 Å². The molecule has 3 aliphatic rings. The number of aromatic nitrogens is 2. The number of piperazine rings is 1. The molecule has 1 N–H and O–H groups in total. The van der Waals surface area contributed by atoms with Gasteiger partial charge in [-0.1, -0.05) is 50.6 Å². The standard InChI is InChI=1S/C28H36BN5O6/c1-18(2)12-20(29-34(4)23(27(37)39-29)16-33(3)17-24(34)28(38)40-29)14-25(35)21(13-19-8-6-5-7-9-19)32-26(36)22-15-30-10-11-31-22/h5-11,15,18,20-21,23-24H,12-14,16-17H2,1-4H3,(H,32,36)/t20-,21+,23-,24+,29?,34?/m1/s1. The molecule has 3 aliphatic heterocycles. The zero-order valence-electron chi connectivity index (χ0n) is 23.4. The van der Waals surface area contributed by atoms with Gasteiger partial charge in [-0.15, -0.1) is 0 Å². The molecule has 1 aromatic heterocycles. The molecule has 3 saturated heterocycles. The Hall–Kier alpha value is -3.64. The monoisotopic (exact) mass is 549 g/mol. The number of nitrogens with zero attached hydrogens (tertiary/aromatic N) is 4. The first-order valence-electron chi connectivity index (χ1n) is 13.8. The lowest BCUT2D eigenvalue weighted by Gasteiger charge is -2.53. The van der Waals surface area contributed by atoms with Crippen molar-refractivity contribution in [2.24, 2.45) is 5.92 Å². The van der Waals surface area contributed by atoms with E-state index in [1.54, 1.807) is 0 Å². The third-order valence-corrected chi connectivity index (χ3v) is 8.81. The van der Waals surface area contributed by atoms with Gasteiger partial charge in [0.15, 0.2) is 17.9 Å². The van der Waals surface area contributed by atoms with E-state index in [-0.39, 0.29) is 34.6 Å². The smallest absolute Gasteiger partial charge is 0.587 e. The van der Waals surface area contributed by atoms with Crippen molar-refractivity contribution in [1.82, 2.24) is 20.2 Å². The number of hydrogen-bond acceptors (Lipinski definition) is 9. The average molecular weight is 549 g/mol. The van der Waals surface area contributed by atoms with Gasteiger partial charge in [0.05, 0.1) is 25.3 Å². The van der Waals surface area contributed by atoms with E-state index in [2.05, 4.69) is 15.3 Å². The van der Waals surface area contributed by atoms with Crippen molar-refractivity contribution in [3.05, 3.63) is 60.2 Å². The maximum absolute atomic E-state index is 14.1. The summed E-state index contributed by atoms with van der Waals surface area (Å²) in [6.45, 7) is 2.42. The molecule has 6 atom stereocenters. The molecule has 0 spiro atoms. The zero-order valence-corrected chi connectivity index (χ0v) is 23.4. The summed E-state index contributed by atoms with van der Waals surface area (Å²) >= 11 is 0. The lowest BCUT2D eigenvalue weighted by molar-refractivity contribution is -0.849. The highest BCUT2D eigenvalue weighted by molar-refractivity contribution is 6.68. The number of quaternary nitrogens is 1. The molecule has 1 amide bonds. The second-order valence-corrected chi connectivity index (χ2v) is 11.9.